The zero-order chi connectivity index (χ0) is 23.2. The molecule has 1 heterocycles. The molecule has 0 unspecified atom stereocenters. The first-order valence-corrected chi connectivity index (χ1v) is 11.7. The summed E-state index contributed by atoms with van der Waals surface area (Å²) in [5, 5.41) is 9.59. The Bertz CT molecular complexity index is 1130. The molecule has 0 N–H and O–H groups in total. The highest BCUT2D eigenvalue weighted by Gasteiger charge is 2.27. The molecule has 0 saturated heterocycles. The second-order valence-electron chi connectivity index (χ2n) is 5.94. The number of halogens is 10. The summed E-state index contributed by atoms with van der Waals surface area (Å²) in [6, 6.07) is 2.08. The van der Waals surface area contributed by atoms with Crippen molar-refractivity contribution in [1.29, 1.82) is 5.26 Å². The van der Waals surface area contributed by atoms with Crippen LogP contribution in [0.3, 0.4) is 0 Å². The van der Waals surface area contributed by atoms with Crippen LogP contribution in [0, 0.1) is 11.3 Å². The number of nitrogens with zero attached hydrogens (tertiary/aromatic N) is 2. The summed E-state index contributed by atoms with van der Waals surface area (Å²) in [6.07, 6.45) is 2.79. The highest BCUT2D eigenvalue weighted by atomic mass is 35.5. The monoisotopic (exact) mass is 610 g/mol. The van der Waals surface area contributed by atoms with Gasteiger partial charge in [-0.05, 0) is 5.56 Å². The number of rotatable bonds is 3. The first-order valence-electron chi connectivity index (χ1n) is 7.91. The van der Waals surface area contributed by atoms with Gasteiger partial charge in [-0.3, -0.25) is 4.98 Å². The molecule has 0 fully saturated rings. The normalized spacial score (nSPS) is 11.0. The lowest BCUT2D eigenvalue weighted by atomic mass is 9.92. The fourth-order valence-corrected chi connectivity index (χ4v) is 5.55. The van der Waals surface area contributed by atoms with Crippen molar-refractivity contribution in [3.8, 4) is 28.3 Å². The summed E-state index contributed by atoms with van der Waals surface area (Å²) in [5.41, 5.74) is 1.63. The summed E-state index contributed by atoms with van der Waals surface area (Å²) in [5.74, 6) is 0. The van der Waals surface area contributed by atoms with Gasteiger partial charge in [0, 0.05) is 34.6 Å². The highest BCUT2D eigenvalue weighted by molar-refractivity contribution is 6.57. The number of hydrogen-bond acceptors (Lipinski definition) is 2. The molecule has 0 atom stereocenters. The minimum atomic E-state index is -0.109. The SMILES string of the molecule is N#CCc1c(-c2c(Cl)c(Cl)c(Cl)c(Cl)c2Cl)cncc1-c1c(Cl)c(Cl)c(Cl)c(Cl)c1Cl. The third-order valence-electron chi connectivity index (χ3n) is 4.27. The van der Waals surface area contributed by atoms with Gasteiger partial charge in [0.2, 0.25) is 0 Å². The first-order chi connectivity index (χ1) is 14.5. The molecule has 3 rings (SSSR count). The van der Waals surface area contributed by atoms with Gasteiger partial charge in [-0.2, -0.15) is 5.26 Å². The molecular weight excluding hydrogens is 611 g/mol. The van der Waals surface area contributed by atoms with E-state index in [0.717, 1.165) is 0 Å². The summed E-state index contributed by atoms with van der Waals surface area (Å²) < 4.78 is 0. The number of aromatic nitrogens is 1. The average Bonchev–Trinajstić information content (AvgIpc) is 2.75. The Balaban J connectivity index is 2.48. The largest absolute Gasteiger partial charge is 0.263 e. The van der Waals surface area contributed by atoms with Crippen LogP contribution in [0.1, 0.15) is 5.56 Å². The molecule has 160 valence electrons. The lowest BCUT2D eigenvalue weighted by Crippen LogP contribution is -1.99. The smallest absolute Gasteiger partial charge is 0.0809 e. The number of hydrogen-bond donors (Lipinski definition) is 0. The first kappa shape index (κ1) is 25.6. The van der Waals surface area contributed by atoms with E-state index < -0.39 is 0 Å². The molecule has 0 amide bonds. The van der Waals surface area contributed by atoms with Crippen LogP contribution in [-0.2, 0) is 6.42 Å². The van der Waals surface area contributed by atoms with Crippen molar-refractivity contribution < 1.29 is 0 Å². The lowest BCUT2D eigenvalue weighted by molar-refractivity contribution is 1.22. The van der Waals surface area contributed by atoms with E-state index >= 15 is 0 Å². The molecule has 0 bridgehead atoms. The van der Waals surface area contributed by atoms with Crippen molar-refractivity contribution >= 4 is 116 Å². The zero-order valence-corrected chi connectivity index (χ0v) is 22.1. The third-order valence-corrected chi connectivity index (χ3v) is 8.83. The minimum Gasteiger partial charge on any atom is -0.263 e. The highest BCUT2D eigenvalue weighted by Crippen LogP contribution is 2.52. The Morgan fingerprint density at radius 2 is 0.839 bits per heavy atom. The standard InChI is InChI=1S/C19H4Cl10N2/c20-10-8(11(21)15(25)18(28)14(10)24)6-3-31-4-7(5(6)1-2-30)9-12(22)16(26)19(29)17(27)13(9)23/h3-4H,1H2. The maximum atomic E-state index is 9.50. The molecule has 0 saturated carbocycles. The summed E-state index contributed by atoms with van der Waals surface area (Å²) >= 11 is 62.8. The topological polar surface area (TPSA) is 36.7 Å². The number of benzene rings is 2. The van der Waals surface area contributed by atoms with Gasteiger partial charge in [0.05, 0.1) is 62.7 Å². The van der Waals surface area contributed by atoms with Crippen molar-refractivity contribution in [2.75, 3.05) is 0 Å². The lowest BCUT2D eigenvalue weighted by Gasteiger charge is -2.19. The molecule has 2 nitrogen and oxygen atoms in total. The van der Waals surface area contributed by atoms with E-state index in [0.29, 0.717) is 16.7 Å². The minimum absolute atomic E-state index is 0.00427. The van der Waals surface area contributed by atoms with Gasteiger partial charge in [0.25, 0.3) is 0 Å². The Morgan fingerprint density at radius 1 is 0.548 bits per heavy atom. The third kappa shape index (κ3) is 4.41. The van der Waals surface area contributed by atoms with Crippen LogP contribution in [0.2, 0.25) is 50.2 Å². The summed E-state index contributed by atoms with van der Waals surface area (Å²) in [7, 11) is 0. The molecule has 2 aromatic carbocycles. The molecular formula is C19H4Cl10N2. The summed E-state index contributed by atoms with van der Waals surface area (Å²) in [4.78, 5) is 4.23. The van der Waals surface area contributed by atoms with Gasteiger partial charge in [-0.25, -0.2) is 0 Å². The van der Waals surface area contributed by atoms with Crippen LogP contribution >= 0.6 is 116 Å². The van der Waals surface area contributed by atoms with Crippen LogP contribution in [0.15, 0.2) is 12.4 Å². The number of pyridine rings is 1. The van der Waals surface area contributed by atoms with Gasteiger partial charge in [0.1, 0.15) is 0 Å². The summed E-state index contributed by atoms with van der Waals surface area (Å²) in [6.45, 7) is 0. The quantitative estimate of drug-likeness (QED) is 0.217. The van der Waals surface area contributed by atoms with Crippen molar-refractivity contribution in [2.45, 2.75) is 6.42 Å². The number of nitriles is 1. The van der Waals surface area contributed by atoms with E-state index in [-0.39, 0.29) is 67.8 Å². The van der Waals surface area contributed by atoms with Crippen molar-refractivity contribution in [1.82, 2.24) is 4.98 Å². The molecule has 0 spiro atoms. The molecule has 0 radical (unpaired) electrons. The van der Waals surface area contributed by atoms with E-state index in [1.54, 1.807) is 0 Å². The van der Waals surface area contributed by atoms with Gasteiger partial charge < -0.3 is 0 Å². The fourth-order valence-electron chi connectivity index (χ4n) is 2.87. The van der Waals surface area contributed by atoms with E-state index in [1.807, 2.05) is 0 Å². The molecule has 0 aliphatic heterocycles. The van der Waals surface area contributed by atoms with E-state index in [1.165, 1.54) is 12.4 Å². The Labute approximate surface area is 227 Å². The van der Waals surface area contributed by atoms with Crippen LogP contribution < -0.4 is 0 Å². The van der Waals surface area contributed by atoms with Gasteiger partial charge in [0.15, 0.2) is 0 Å². The second kappa shape index (κ2) is 10.1. The molecule has 0 aliphatic carbocycles. The maximum Gasteiger partial charge on any atom is 0.0809 e. The molecule has 31 heavy (non-hydrogen) atoms. The molecule has 1 aromatic heterocycles. The van der Waals surface area contributed by atoms with Gasteiger partial charge >= 0.3 is 0 Å². The second-order valence-corrected chi connectivity index (χ2v) is 9.72. The van der Waals surface area contributed by atoms with Crippen LogP contribution in [0.4, 0.5) is 0 Å². The van der Waals surface area contributed by atoms with Crippen molar-refractivity contribution in [3.05, 3.63) is 68.2 Å². The Hall–Kier alpha value is -0.0200. The predicted molar refractivity (Wildman–Crippen MR) is 135 cm³/mol. The van der Waals surface area contributed by atoms with Crippen LogP contribution in [0.25, 0.3) is 22.3 Å². The Morgan fingerprint density at radius 3 is 1.13 bits per heavy atom. The van der Waals surface area contributed by atoms with Crippen LogP contribution in [-0.4, -0.2) is 4.98 Å². The van der Waals surface area contributed by atoms with E-state index in [9.17, 15) is 5.26 Å². The fraction of sp³-hybridized carbons (Fsp3) is 0.0526. The van der Waals surface area contributed by atoms with Crippen molar-refractivity contribution in [3.63, 3.8) is 0 Å². The molecule has 12 heteroatoms. The van der Waals surface area contributed by atoms with Gasteiger partial charge in [-0.15, -0.1) is 0 Å². The average molecular weight is 615 g/mol. The van der Waals surface area contributed by atoms with Gasteiger partial charge in [-0.1, -0.05) is 116 Å². The molecule has 3 aromatic rings. The van der Waals surface area contributed by atoms with E-state index in [4.69, 9.17) is 116 Å². The predicted octanol–water partition coefficient (Wildman–Crippen LogP) is 11.0. The molecule has 0 aliphatic rings. The van der Waals surface area contributed by atoms with E-state index in [2.05, 4.69) is 11.1 Å². The Kier molecular flexibility index (Phi) is 8.32. The van der Waals surface area contributed by atoms with Crippen molar-refractivity contribution in [2.24, 2.45) is 0 Å². The van der Waals surface area contributed by atoms with Crippen LogP contribution in [0.5, 0.6) is 0 Å². The zero-order valence-electron chi connectivity index (χ0n) is 14.5. The maximum absolute atomic E-state index is 9.50.